The van der Waals surface area contributed by atoms with E-state index < -0.39 is 7.92 Å². The summed E-state index contributed by atoms with van der Waals surface area (Å²) in [6.07, 6.45) is 0. The number of hydrogen-bond donors (Lipinski definition) is 0. The molecule has 0 aliphatic carbocycles. The van der Waals surface area contributed by atoms with Crippen LogP contribution in [0.3, 0.4) is 0 Å². The largest absolute Gasteiger partial charge is 0.292 e. The fraction of sp³-hybridized carbons (Fsp3) is 0. The van der Waals surface area contributed by atoms with Gasteiger partial charge in [-0.1, -0.05) is 152 Å². The Morgan fingerprint density at radius 1 is 0.375 bits per heavy atom. The zero-order chi connectivity index (χ0) is 31.6. The van der Waals surface area contributed by atoms with Gasteiger partial charge in [0.25, 0.3) is 0 Å². The van der Waals surface area contributed by atoms with Gasteiger partial charge in [-0.05, 0) is 86.2 Å². The third-order valence-electron chi connectivity index (χ3n) is 9.70. The van der Waals surface area contributed by atoms with Crippen LogP contribution in [0.5, 0.6) is 0 Å². The molecule has 0 aliphatic rings. The highest BCUT2D eigenvalue weighted by atomic mass is 31.1. The molecule has 2 aromatic heterocycles. The molecule has 2 nitrogen and oxygen atoms in total. The van der Waals surface area contributed by atoms with E-state index in [4.69, 9.17) is 4.98 Å². The fourth-order valence-electron chi connectivity index (χ4n) is 7.46. The van der Waals surface area contributed by atoms with Gasteiger partial charge in [-0.25, -0.2) is 4.98 Å². The van der Waals surface area contributed by atoms with Crippen molar-refractivity contribution >= 4 is 83.7 Å². The van der Waals surface area contributed by atoms with Crippen LogP contribution in [0.25, 0.3) is 71.0 Å². The van der Waals surface area contributed by atoms with E-state index in [1.54, 1.807) is 0 Å². The van der Waals surface area contributed by atoms with Gasteiger partial charge in [0.1, 0.15) is 5.65 Å². The highest BCUT2D eigenvalue weighted by Crippen LogP contribution is 2.38. The summed E-state index contributed by atoms with van der Waals surface area (Å²) in [5.74, 6) is 0. The van der Waals surface area contributed by atoms with Crippen molar-refractivity contribution in [2.24, 2.45) is 0 Å². The third-order valence-corrected chi connectivity index (χ3v) is 12.1. The van der Waals surface area contributed by atoms with Crippen LogP contribution in [0.4, 0.5) is 0 Å². The number of rotatable bonds is 4. The first-order valence-electron chi connectivity index (χ1n) is 16.4. The molecule has 2 heterocycles. The van der Waals surface area contributed by atoms with Crippen LogP contribution in [-0.2, 0) is 0 Å². The molecular formula is C45H29N2P. The van der Waals surface area contributed by atoms with E-state index in [2.05, 4.69) is 180 Å². The molecule has 0 fully saturated rings. The first-order valence-corrected chi connectivity index (χ1v) is 17.7. The molecule has 48 heavy (non-hydrogen) atoms. The van der Waals surface area contributed by atoms with E-state index in [1.165, 1.54) is 70.3 Å². The number of imidazole rings is 1. The Morgan fingerprint density at radius 3 is 1.75 bits per heavy atom. The van der Waals surface area contributed by atoms with Gasteiger partial charge in [-0.15, -0.1) is 0 Å². The summed E-state index contributed by atoms with van der Waals surface area (Å²) >= 11 is 0. The number of hydrogen-bond acceptors (Lipinski definition) is 1. The first kappa shape index (κ1) is 27.3. The molecule has 0 aliphatic heterocycles. The Morgan fingerprint density at radius 2 is 0.979 bits per heavy atom. The van der Waals surface area contributed by atoms with Crippen molar-refractivity contribution in [3.63, 3.8) is 0 Å². The molecular weight excluding hydrogens is 599 g/mol. The lowest BCUT2D eigenvalue weighted by Crippen LogP contribution is -2.20. The highest BCUT2D eigenvalue weighted by molar-refractivity contribution is 7.79. The predicted molar refractivity (Wildman–Crippen MR) is 207 cm³/mol. The van der Waals surface area contributed by atoms with Gasteiger partial charge < -0.3 is 0 Å². The van der Waals surface area contributed by atoms with E-state index >= 15 is 0 Å². The second-order valence-corrected chi connectivity index (χ2v) is 14.7. The minimum absolute atomic E-state index is 0.747. The summed E-state index contributed by atoms with van der Waals surface area (Å²) in [6.45, 7) is 0. The van der Waals surface area contributed by atoms with Gasteiger partial charge in [0.15, 0.2) is 0 Å². The number of nitrogens with zero attached hydrogens (tertiary/aromatic N) is 2. The summed E-state index contributed by atoms with van der Waals surface area (Å²) in [6, 6.07) is 64.4. The first-order chi connectivity index (χ1) is 23.8. The molecule has 0 saturated heterocycles. The number of pyridine rings is 1. The number of fused-ring (bicyclic) bond motifs is 11. The van der Waals surface area contributed by atoms with Gasteiger partial charge in [-0.3, -0.25) is 4.40 Å². The average molecular weight is 629 g/mol. The Labute approximate surface area is 279 Å². The summed E-state index contributed by atoms with van der Waals surface area (Å²) in [5, 5.41) is 12.7. The molecule has 3 heteroatoms. The van der Waals surface area contributed by atoms with Gasteiger partial charge in [-0.2, -0.15) is 0 Å². The molecule has 8 aromatic carbocycles. The minimum Gasteiger partial charge on any atom is -0.292 e. The molecule has 10 rings (SSSR count). The van der Waals surface area contributed by atoms with Crippen LogP contribution >= 0.6 is 7.92 Å². The average Bonchev–Trinajstić information content (AvgIpc) is 3.55. The topological polar surface area (TPSA) is 17.3 Å². The molecule has 0 radical (unpaired) electrons. The lowest BCUT2D eigenvalue weighted by Gasteiger charge is -2.19. The maximum absolute atomic E-state index is 5.28. The third kappa shape index (κ3) is 4.27. The van der Waals surface area contributed by atoms with Gasteiger partial charge in [0.05, 0.1) is 16.6 Å². The van der Waals surface area contributed by atoms with E-state index in [9.17, 15) is 0 Å². The SMILES string of the molecule is c1ccc(P(c2ccccc2)c2ccc3nc4c5ccccc5c5ccc(-c6ccc7c(ccc8ccccc87)c6)cc5n4c3c2)cc1. The number of benzene rings is 8. The molecule has 0 unspecified atom stereocenters. The van der Waals surface area contributed by atoms with Gasteiger partial charge in [0, 0.05) is 10.8 Å². The maximum atomic E-state index is 5.28. The van der Waals surface area contributed by atoms with Gasteiger partial charge in [0.2, 0.25) is 0 Å². The maximum Gasteiger partial charge on any atom is 0.146 e. The smallest absolute Gasteiger partial charge is 0.146 e. The number of aromatic nitrogens is 2. The monoisotopic (exact) mass is 628 g/mol. The predicted octanol–water partition coefficient (Wildman–Crippen LogP) is 10.5. The van der Waals surface area contributed by atoms with Crippen molar-refractivity contribution in [3.8, 4) is 11.1 Å². The molecule has 10 aromatic rings. The molecule has 0 bridgehead atoms. The summed E-state index contributed by atoms with van der Waals surface area (Å²) < 4.78 is 2.40. The lowest BCUT2D eigenvalue weighted by atomic mass is 9.96. The molecule has 224 valence electrons. The molecule has 0 N–H and O–H groups in total. The van der Waals surface area contributed by atoms with Crippen LogP contribution in [0, 0.1) is 0 Å². The standard InChI is InChI=1S/C45H29N2P/c1-3-12-34(13-4-1)48(35-14-5-2-6-15-35)36-23-26-42-44(29-36)47-43-28-32(22-25-40(43)39-17-9-10-18-41(39)45(47)46-42)31-21-24-38-33(27-31)20-19-30-11-7-8-16-37(30)38/h1-29H. The van der Waals surface area contributed by atoms with E-state index in [0.717, 1.165) is 16.7 Å². The van der Waals surface area contributed by atoms with Crippen LogP contribution in [0.15, 0.2) is 176 Å². The Bertz CT molecular complexity index is 2800. The molecule has 0 spiro atoms. The summed E-state index contributed by atoms with van der Waals surface area (Å²) in [7, 11) is -0.747. The molecule has 0 atom stereocenters. The summed E-state index contributed by atoms with van der Waals surface area (Å²) in [4.78, 5) is 5.28. The van der Waals surface area contributed by atoms with Crippen LogP contribution in [-0.4, -0.2) is 9.38 Å². The van der Waals surface area contributed by atoms with E-state index in [-0.39, 0.29) is 0 Å². The van der Waals surface area contributed by atoms with E-state index in [1.807, 2.05) is 0 Å². The fourth-order valence-corrected chi connectivity index (χ4v) is 9.77. The van der Waals surface area contributed by atoms with Crippen molar-refractivity contribution in [2.75, 3.05) is 0 Å². The van der Waals surface area contributed by atoms with Crippen LogP contribution in [0.2, 0.25) is 0 Å². The molecule has 0 saturated carbocycles. The van der Waals surface area contributed by atoms with Crippen molar-refractivity contribution < 1.29 is 0 Å². The Kier molecular flexibility index (Phi) is 6.19. The van der Waals surface area contributed by atoms with Crippen molar-refractivity contribution in [3.05, 3.63) is 176 Å². The Hall–Kier alpha value is -5.82. The molecule has 0 amide bonds. The second kappa shape index (κ2) is 10.9. The minimum atomic E-state index is -0.747. The van der Waals surface area contributed by atoms with Crippen LogP contribution < -0.4 is 15.9 Å². The van der Waals surface area contributed by atoms with Crippen LogP contribution in [0.1, 0.15) is 0 Å². The van der Waals surface area contributed by atoms with Gasteiger partial charge >= 0.3 is 0 Å². The zero-order valence-corrected chi connectivity index (χ0v) is 27.0. The quantitative estimate of drug-likeness (QED) is 0.140. The normalized spacial score (nSPS) is 11.9. The summed E-state index contributed by atoms with van der Waals surface area (Å²) in [5.41, 5.74) is 6.72. The Balaban J connectivity index is 1.23. The van der Waals surface area contributed by atoms with E-state index in [0.29, 0.717) is 0 Å². The van der Waals surface area contributed by atoms with Crippen molar-refractivity contribution in [2.45, 2.75) is 0 Å². The van der Waals surface area contributed by atoms with Crippen molar-refractivity contribution in [1.82, 2.24) is 9.38 Å². The zero-order valence-electron chi connectivity index (χ0n) is 26.1. The van der Waals surface area contributed by atoms with Crippen molar-refractivity contribution in [1.29, 1.82) is 0 Å². The lowest BCUT2D eigenvalue weighted by molar-refractivity contribution is 1.32. The second-order valence-electron chi connectivity index (χ2n) is 12.5. The highest BCUT2D eigenvalue weighted by Gasteiger charge is 2.20.